The summed E-state index contributed by atoms with van der Waals surface area (Å²) in [5.41, 5.74) is 0. The molecule has 130 valence electrons. The molecule has 22 heavy (non-hydrogen) atoms. The van der Waals surface area contributed by atoms with Gasteiger partial charge in [0.1, 0.15) is 0 Å². The van der Waals surface area contributed by atoms with E-state index in [1.807, 2.05) is 0 Å². The van der Waals surface area contributed by atoms with E-state index < -0.39 is 0 Å². The second-order valence-corrected chi connectivity index (χ2v) is 6.21. The van der Waals surface area contributed by atoms with Crippen molar-refractivity contribution in [1.82, 2.24) is 10.6 Å². The second-order valence-electron chi connectivity index (χ2n) is 6.21. The Morgan fingerprint density at radius 2 is 2.05 bits per heavy atom. The average molecular weight is 425 g/mol. The Morgan fingerprint density at radius 1 is 1.32 bits per heavy atom. The first kappa shape index (κ1) is 20.0. The standard InChI is InChI=1S/C16H31N3O2.HI/c1-3-17-16(19-15-11-13(15)2)18-7-4-8-21-12-14-5-9-20-10-6-14;/h13-15H,3-12H2,1-2H3,(H2,17,18,19);1H. The van der Waals surface area contributed by atoms with Gasteiger partial charge in [-0.3, -0.25) is 4.99 Å². The molecule has 6 heteroatoms. The van der Waals surface area contributed by atoms with Crippen molar-refractivity contribution in [3.05, 3.63) is 0 Å². The van der Waals surface area contributed by atoms with Gasteiger partial charge in [0.05, 0.1) is 0 Å². The van der Waals surface area contributed by atoms with E-state index in [-0.39, 0.29) is 24.0 Å². The smallest absolute Gasteiger partial charge is 0.191 e. The van der Waals surface area contributed by atoms with Crippen LogP contribution in [0.1, 0.15) is 39.5 Å². The molecule has 0 bridgehead atoms. The molecule has 2 atom stereocenters. The van der Waals surface area contributed by atoms with Gasteiger partial charge in [-0.25, -0.2) is 0 Å². The molecule has 0 spiro atoms. The molecule has 2 unspecified atom stereocenters. The first-order valence-corrected chi connectivity index (χ1v) is 8.50. The minimum atomic E-state index is 0. The lowest BCUT2D eigenvalue weighted by Crippen LogP contribution is -2.39. The van der Waals surface area contributed by atoms with E-state index >= 15 is 0 Å². The molecule has 1 heterocycles. The Labute approximate surface area is 152 Å². The minimum absolute atomic E-state index is 0. The third kappa shape index (κ3) is 7.97. The fraction of sp³-hybridized carbons (Fsp3) is 0.938. The second kappa shape index (κ2) is 11.5. The van der Waals surface area contributed by atoms with Crippen LogP contribution in [0.4, 0.5) is 0 Å². The first-order valence-electron chi connectivity index (χ1n) is 8.50. The molecule has 5 nitrogen and oxygen atoms in total. The van der Waals surface area contributed by atoms with Crippen LogP contribution in [0.5, 0.6) is 0 Å². The van der Waals surface area contributed by atoms with E-state index in [1.54, 1.807) is 0 Å². The third-order valence-electron chi connectivity index (χ3n) is 4.19. The molecule has 2 N–H and O–H groups in total. The Balaban J connectivity index is 0.00000242. The first-order chi connectivity index (χ1) is 10.3. The van der Waals surface area contributed by atoms with E-state index in [9.17, 15) is 0 Å². The summed E-state index contributed by atoms with van der Waals surface area (Å²) in [5, 5.41) is 6.77. The number of nitrogens with one attached hydrogen (secondary N) is 2. The monoisotopic (exact) mass is 425 g/mol. The molecule has 0 radical (unpaired) electrons. The van der Waals surface area contributed by atoms with Crippen molar-refractivity contribution in [2.75, 3.05) is 39.5 Å². The largest absolute Gasteiger partial charge is 0.381 e. The van der Waals surface area contributed by atoms with Crippen molar-refractivity contribution in [1.29, 1.82) is 0 Å². The van der Waals surface area contributed by atoms with Gasteiger partial charge in [-0.1, -0.05) is 6.92 Å². The summed E-state index contributed by atoms with van der Waals surface area (Å²) >= 11 is 0. The van der Waals surface area contributed by atoms with Gasteiger partial charge < -0.3 is 20.1 Å². The number of aliphatic imine (C=N–C) groups is 1. The van der Waals surface area contributed by atoms with Crippen molar-refractivity contribution >= 4 is 29.9 Å². The zero-order valence-electron chi connectivity index (χ0n) is 14.0. The number of ether oxygens (including phenoxy) is 2. The van der Waals surface area contributed by atoms with Crippen molar-refractivity contribution in [3.63, 3.8) is 0 Å². The summed E-state index contributed by atoms with van der Waals surface area (Å²) in [6, 6.07) is 0.618. The molecule has 1 aliphatic heterocycles. The van der Waals surface area contributed by atoms with E-state index in [4.69, 9.17) is 9.47 Å². The predicted octanol–water partition coefficient (Wildman–Crippen LogP) is 2.40. The molecule has 2 rings (SSSR count). The minimum Gasteiger partial charge on any atom is -0.381 e. The maximum absolute atomic E-state index is 5.76. The quantitative estimate of drug-likeness (QED) is 0.272. The van der Waals surface area contributed by atoms with Crippen molar-refractivity contribution in [2.24, 2.45) is 16.8 Å². The fourth-order valence-corrected chi connectivity index (χ4v) is 2.54. The molecule has 2 fully saturated rings. The Kier molecular flexibility index (Phi) is 10.4. The normalized spacial score (nSPS) is 25.5. The highest BCUT2D eigenvalue weighted by Crippen LogP contribution is 2.28. The highest BCUT2D eigenvalue weighted by atomic mass is 127. The Morgan fingerprint density at radius 3 is 2.68 bits per heavy atom. The van der Waals surface area contributed by atoms with E-state index in [1.165, 1.54) is 6.42 Å². The molecule has 1 saturated heterocycles. The molecular formula is C16H32IN3O2. The molecule has 0 aromatic carbocycles. The maximum Gasteiger partial charge on any atom is 0.191 e. The van der Waals surface area contributed by atoms with Crippen LogP contribution in [0.15, 0.2) is 4.99 Å². The Hall–Kier alpha value is -0.0800. The summed E-state index contributed by atoms with van der Waals surface area (Å²) in [5.74, 6) is 2.44. The zero-order chi connectivity index (χ0) is 14.9. The SMILES string of the molecule is CCNC(=NCCCOCC1CCOCC1)NC1CC1C.I. The van der Waals surface area contributed by atoms with Crippen LogP contribution in [0.3, 0.4) is 0 Å². The number of guanidine groups is 1. The number of rotatable bonds is 8. The van der Waals surface area contributed by atoms with Gasteiger partial charge in [0.15, 0.2) is 5.96 Å². The predicted molar refractivity (Wildman–Crippen MR) is 101 cm³/mol. The summed E-state index contributed by atoms with van der Waals surface area (Å²) < 4.78 is 11.1. The third-order valence-corrected chi connectivity index (χ3v) is 4.19. The lowest BCUT2D eigenvalue weighted by Gasteiger charge is -2.21. The van der Waals surface area contributed by atoms with Gasteiger partial charge in [0.2, 0.25) is 0 Å². The average Bonchev–Trinajstić information content (AvgIpc) is 3.19. The summed E-state index contributed by atoms with van der Waals surface area (Å²) in [6.07, 6.45) is 4.54. The van der Waals surface area contributed by atoms with Crippen molar-refractivity contribution in [2.45, 2.75) is 45.6 Å². The van der Waals surface area contributed by atoms with E-state index in [0.717, 1.165) is 70.7 Å². The number of hydrogen-bond donors (Lipinski definition) is 2. The van der Waals surface area contributed by atoms with Crippen LogP contribution in [0, 0.1) is 11.8 Å². The summed E-state index contributed by atoms with van der Waals surface area (Å²) in [6.45, 7) is 9.59. The van der Waals surface area contributed by atoms with Crippen LogP contribution in [-0.2, 0) is 9.47 Å². The topological polar surface area (TPSA) is 54.9 Å². The van der Waals surface area contributed by atoms with Gasteiger partial charge in [-0.05, 0) is 44.4 Å². The van der Waals surface area contributed by atoms with Crippen LogP contribution >= 0.6 is 24.0 Å². The van der Waals surface area contributed by atoms with Gasteiger partial charge in [-0.2, -0.15) is 0 Å². The molecule has 0 aromatic rings. The van der Waals surface area contributed by atoms with Gasteiger partial charge in [0, 0.05) is 45.6 Å². The fourth-order valence-electron chi connectivity index (χ4n) is 2.54. The molecule has 2 aliphatic rings. The maximum atomic E-state index is 5.76. The van der Waals surface area contributed by atoms with Gasteiger partial charge in [0.25, 0.3) is 0 Å². The van der Waals surface area contributed by atoms with E-state index in [2.05, 4.69) is 29.5 Å². The number of nitrogens with zero attached hydrogens (tertiary/aromatic N) is 1. The molecule has 1 saturated carbocycles. The van der Waals surface area contributed by atoms with Crippen LogP contribution in [0.25, 0.3) is 0 Å². The molecule has 1 aliphatic carbocycles. The van der Waals surface area contributed by atoms with Gasteiger partial charge >= 0.3 is 0 Å². The van der Waals surface area contributed by atoms with Crippen LogP contribution in [-0.4, -0.2) is 51.5 Å². The highest BCUT2D eigenvalue weighted by Gasteiger charge is 2.33. The summed E-state index contributed by atoms with van der Waals surface area (Å²) in [4.78, 5) is 4.61. The molecule has 0 aromatic heterocycles. The lowest BCUT2D eigenvalue weighted by atomic mass is 10.0. The van der Waals surface area contributed by atoms with E-state index in [0.29, 0.717) is 12.0 Å². The Bertz CT molecular complexity index is 323. The summed E-state index contributed by atoms with van der Waals surface area (Å²) in [7, 11) is 0. The highest BCUT2D eigenvalue weighted by molar-refractivity contribution is 14.0. The number of hydrogen-bond acceptors (Lipinski definition) is 3. The molecular weight excluding hydrogens is 393 g/mol. The molecule has 0 amide bonds. The zero-order valence-corrected chi connectivity index (χ0v) is 16.3. The van der Waals surface area contributed by atoms with Crippen LogP contribution in [0.2, 0.25) is 0 Å². The lowest BCUT2D eigenvalue weighted by molar-refractivity contribution is 0.0205. The van der Waals surface area contributed by atoms with Crippen molar-refractivity contribution < 1.29 is 9.47 Å². The number of halogens is 1. The van der Waals surface area contributed by atoms with Crippen LogP contribution < -0.4 is 10.6 Å². The van der Waals surface area contributed by atoms with Gasteiger partial charge in [-0.15, -0.1) is 24.0 Å². The van der Waals surface area contributed by atoms with Crippen molar-refractivity contribution in [3.8, 4) is 0 Å².